The first-order chi connectivity index (χ1) is 14.1. The van der Waals surface area contributed by atoms with E-state index in [0.29, 0.717) is 18.2 Å². The van der Waals surface area contributed by atoms with E-state index in [1.165, 1.54) is 0 Å². The van der Waals surface area contributed by atoms with E-state index in [-0.39, 0.29) is 11.4 Å². The van der Waals surface area contributed by atoms with E-state index in [1.807, 2.05) is 17.0 Å². The Hall–Kier alpha value is -2.25. The Morgan fingerprint density at radius 2 is 2.14 bits per heavy atom. The van der Waals surface area contributed by atoms with Crippen LogP contribution in [0.3, 0.4) is 0 Å². The molecule has 3 aliphatic rings. The average Bonchev–Trinajstić information content (AvgIpc) is 3.32. The van der Waals surface area contributed by atoms with Gasteiger partial charge < -0.3 is 9.64 Å². The van der Waals surface area contributed by atoms with Crippen molar-refractivity contribution < 1.29 is 9.53 Å². The largest absolute Gasteiger partial charge is 0.376 e. The van der Waals surface area contributed by atoms with Crippen molar-refractivity contribution >= 4 is 5.91 Å². The third-order valence-corrected chi connectivity index (χ3v) is 6.99. The molecule has 1 atom stereocenters. The van der Waals surface area contributed by atoms with Crippen LogP contribution in [-0.4, -0.2) is 69.7 Å². The minimum Gasteiger partial charge on any atom is -0.376 e. The summed E-state index contributed by atoms with van der Waals surface area (Å²) >= 11 is 0. The number of aromatic nitrogens is 3. The number of pyridine rings is 1. The number of nitrogens with one attached hydrogen (secondary N) is 1. The predicted octanol–water partition coefficient (Wildman–Crippen LogP) is 2.05. The first-order valence-corrected chi connectivity index (χ1v) is 10.7. The molecule has 1 spiro atoms. The number of carbonyl (C=O) groups excluding carboxylic acids is 1. The molecule has 7 nitrogen and oxygen atoms in total. The lowest BCUT2D eigenvalue weighted by molar-refractivity contribution is -0.0769. The van der Waals surface area contributed by atoms with E-state index in [1.54, 1.807) is 12.4 Å². The van der Waals surface area contributed by atoms with Gasteiger partial charge in [0, 0.05) is 43.3 Å². The van der Waals surface area contributed by atoms with Crippen molar-refractivity contribution in [1.29, 1.82) is 0 Å². The second-order valence-electron chi connectivity index (χ2n) is 8.92. The number of aromatic amines is 1. The Labute approximate surface area is 171 Å². The molecule has 0 bridgehead atoms. The Bertz CT molecular complexity index is 875. The summed E-state index contributed by atoms with van der Waals surface area (Å²) in [5.41, 5.74) is 4.22. The number of rotatable bonds is 5. The molecular formula is C22H29N5O2. The molecule has 2 aromatic rings. The predicted molar refractivity (Wildman–Crippen MR) is 108 cm³/mol. The van der Waals surface area contributed by atoms with Crippen molar-refractivity contribution in [2.75, 3.05) is 33.3 Å². The van der Waals surface area contributed by atoms with Gasteiger partial charge in [-0.2, -0.15) is 5.10 Å². The van der Waals surface area contributed by atoms with Crippen molar-refractivity contribution in [2.45, 2.75) is 44.2 Å². The maximum atomic E-state index is 13.0. The van der Waals surface area contributed by atoms with Crippen molar-refractivity contribution in [3.8, 4) is 0 Å². The number of hydrogen-bond acceptors (Lipinski definition) is 5. The summed E-state index contributed by atoms with van der Waals surface area (Å²) in [6.07, 6.45) is 8.96. The number of ether oxygens (including phenoxy) is 1. The van der Waals surface area contributed by atoms with Crippen molar-refractivity contribution in [3.05, 3.63) is 47.0 Å². The maximum absolute atomic E-state index is 13.0. The zero-order valence-corrected chi connectivity index (χ0v) is 17.1. The van der Waals surface area contributed by atoms with E-state index < -0.39 is 0 Å². The zero-order chi connectivity index (χ0) is 19.8. The standard InChI is InChI=1S/C22H29N5O2/c1-26-10-7-17(13-29-12-16-5-8-23-9-6-16)11-22(26)14-27(15-22)21(28)20-18-3-2-4-19(18)24-25-20/h5-6,8-9,17H,2-4,7,10-15H2,1H3,(H,24,25)/t17-/m1/s1. The highest BCUT2D eigenvalue weighted by Crippen LogP contribution is 2.39. The minimum absolute atomic E-state index is 0.0953. The number of amides is 1. The number of likely N-dealkylation sites (tertiary alicyclic amines) is 2. The van der Waals surface area contributed by atoms with Crippen LogP contribution in [0.1, 0.15) is 46.6 Å². The van der Waals surface area contributed by atoms with Crippen LogP contribution in [0.2, 0.25) is 0 Å². The molecule has 1 aliphatic carbocycles. The normalized spacial score (nSPS) is 23.2. The van der Waals surface area contributed by atoms with Crippen LogP contribution in [0.15, 0.2) is 24.5 Å². The summed E-state index contributed by atoms with van der Waals surface area (Å²) in [5, 5.41) is 7.39. The number of H-pyrrole nitrogens is 1. The van der Waals surface area contributed by atoms with Crippen LogP contribution in [0, 0.1) is 5.92 Å². The molecule has 2 saturated heterocycles. The summed E-state index contributed by atoms with van der Waals surface area (Å²) < 4.78 is 6.00. The lowest BCUT2D eigenvalue weighted by atomic mass is 9.75. The van der Waals surface area contributed by atoms with Crippen LogP contribution < -0.4 is 0 Å². The molecule has 0 saturated carbocycles. The molecule has 2 fully saturated rings. The summed E-state index contributed by atoms with van der Waals surface area (Å²) in [5.74, 6) is 0.638. The molecule has 4 heterocycles. The Balaban J connectivity index is 1.17. The fourth-order valence-electron chi connectivity index (χ4n) is 5.20. The van der Waals surface area contributed by atoms with E-state index in [0.717, 1.165) is 75.2 Å². The van der Waals surface area contributed by atoms with Gasteiger partial charge in [-0.05, 0) is 69.3 Å². The summed E-state index contributed by atoms with van der Waals surface area (Å²) in [4.78, 5) is 21.5. The van der Waals surface area contributed by atoms with Crippen LogP contribution >= 0.6 is 0 Å². The number of aryl methyl sites for hydroxylation is 1. The third-order valence-electron chi connectivity index (χ3n) is 6.99. The molecular weight excluding hydrogens is 366 g/mol. The SMILES string of the molecule is CN1CC[C@@H](COCc2ccncc2)CC12CN(C(=O)c1n[nH]c3c1CCC3)C2. The average molecular weight is 396 g/mol. The van der Waals surface area contributed by atoms with Gasteiger partial charge >= 0.3 is 0 Å². The summed E-state index contributed by atoms with van der Waals surface area (Å²) in [7, 11) is 2.20. The monoisotopic (exact) mass is 395 g/mol. The lowest BCUT2D eigenvalue weighted by Crippen LogP contribution is -2.72. The highest BCUT2D eigenvalue weighted by Gasteiger charge is 2.51. The summed E-state index contributed by atoms with van der Waals surface area (Å²) in [6.45, 7) is 4.06. The van der Waals surface area contributed by atoms with Gasteiger partial charge in [0.2, 0.25) is 0 Å². The third kappa shape index (κ3) is 3.46. The van der Waals surface area contributed by atoms with Crippen molar-refractivity contribution in [2.24, 2.45) is 5.92 Å². The first kappa shape index (κ1) is 18.8. The number of hydrogen-bond donors (Lipinski definition) is 1. The van der Waals surface area contributed by atoms with Crippen molar-refractivity contribution in [1.82, 2.24) is 25.0 Å². The second-order valence-corrected chi connectivity index (χ2v) is 8.92. The van der Waals surface area contributed by atoms with E-state index in [2.05, 4.69) is 27.1 Å². The zero-order valence-electron chi connectivity index (χ0n) is 17.1. The first-order valence-electron chi connectivity index (χ1n) is 10.7. The molecule has 5 rings (SSSR count). The van der Waals surface area contributed by atoms with Gasteiger partial charge in [0.15, 0.2) is 5.69 Å². The van der Waals surface area contributed by atoms with E-state index in [4.69, 9.17) is 4.74 Å². The minimum atomic E-state index is 0.0953. The van der Waals surface area contributed by atoms with Crippen LogP contribution in [0.25, 0.3) is 0 Å². The number of fused-ring (bicyclic) bond motifs is 1. The topological polar surface area (TPSA) is 74.3 Å². The van der Waals surface area contributed by atoms with E-state index in [9.17, 15) is 4.79 Å². The molecule has 0 unspecified atom stereocenters. The Morgan fingerprint density at radius 1 is 1.31 bits per heavy atom. The number of likely N-dealkylation sites (N-methyl/N-ethyl adjacent to an activating group) is 1. The van der Waals surface area contributed by atoms with Crippen molar-refractivity contribution in [3.63, 3.8) is 0 Å². The van der Waals surface area contributed by atoms with Crippen LogP contribution in [0.5, 0.6) is 0 Å². The second kappa shape index (κ2) is 7.54. The molecule has 2 aromatic heterocycles. The van der Waals surface area contributed by atoms with Gasteiger partial charge in [0.1, 0.15) is 0 Å². The van der Waals surface area contributed by atoms with Gasteiger partial charge in [0.05, 0.1) is 12.1 Å². The molecule has 0 aromatic carbocycles. The quantitative estimate of drug-likeness (QED) is 0.839. The fourth-order valence-corrected chi connectivity index (χ4v) is 5.20. The van der Waals surface area contributed by atoms with Gasteiger partial charge in [-0.25, -0.2) is 0 Å². The Kier molecular flexibility index (Phi) is 4.87. The number of nitrogens with zero attached hydrogens (tertiary/aromatic N) is 4. The molecule has 0 radical (unpaired) electrons. The molecule has 1 amide bonds. The van der Waals surface area contributed by atoms with Crippen LogP contribution in [0.4, 0.5) is 0 Å². The van der Waals surface area contributed by atoms with E-state index >= 15 is 0 Å². The summed E-state index contributed by atoms with van der Waals surface area (Å²) in [6, 6.07) is 3.99. The number of piperidine rings is 1. The molecule has 29 heavy (non-hydrogen) atoms. The van der Waals surface area contributed by atoms with Gasteiger partial charge in [-0.1, -0.05) is 0 Å². The number of carbonyl (C=O) groups is 1. The maximum Gasteiger partial charge on any atom is 0.274 e. The van der Waals surface area contributed by atoms with Gasteiger partial charge in [-0.3, -0.25) is 19.8 Å². The molecule has 154 valence electrons. The lowest BCUT2D eigenvalue weighted by Gasteiger charge is -2.58. The van der Waals surface area contributed by atoms with Crippen LogP contribution in [-0.2, 0) is 24.2 Å². The highest BCUT2D eigenvalue weighted by atomic mass is 16.5. The molecule has 2 aliphatic heterocycles. The smallest absolute Gasteiger partial charge is 0.274 e. The molecule has 1 N–H and O–H groups in total. The highest BCUT2D eigenvalue weighted by molar-refractivity contribution is 5.95. The Morgan fingerprint density at radius 3 is 2.97 bits per heavy atom. The molecule has 7 heteroatoms. The van der Waals surface area contributed by atoms with Gasteiger partial charge in [0.25, 0.3) is 5.91 Å². The fraction of sp³-hybridized carbons (Fsp3) is 0.591. The van der Waals surface area contributed by atoms with Gasteiger partial charge in [-0.15, -0.1) is 0 Å².